The zero-order valence-corrected chi connectivity index (χ0v) is 9.46. The van der Waals surface area contributed by atoms with Gasteiger partial charge in [0.1, 0.15) is 5.69 Å². The van der Waals surface area contributed by atoms with Crippen molar-refractivity contribution >= 4 is 5.69 Å². The van der Waals surface area contributed by atoms with Gasteiger partial charge in [-0.25, -0.2) is 0 Å². The van der Waals surface area contributed by atoms with Gasteiger partial charge >= 0.3 is 6.18 Å². The van der Waals surface area contributed by atoms with Gasteiger partial charge in [0.25, 0.3) is 0 Å². The molecule has 1 atom stereocenters. The fraction of sp³-hybridized carbons (Fsp3) is 0.545. The van der Waals surface area contributed by atoms with Crippen LogP contribution in [0.25, 0.3) is 0 Å². The van der Waals surface area contributed by atoms with Crippen LogP contribution in [0.5, 0.6) is 0 Å². The maximum atomic E-state index is 12.5. The number of rotatable bonds is 2. The van der Waals surface area contributed by atoms with E-state index in [2.05, 4.69) is 10.3 Å². The minimum absolute atomic E-state index is 0.249. The molecule has 2 rings (SSSR count). The van der Waals surface area contributed by atoms with Crippen molar-refractivity contribution in [3.05, 3.63) is 24.0 Å². The van der Waals surface area contributed by atoms with Crippen molar-refractivity contribution in [3.63, 3.8) is 0 Å². The summed E-state index contributed by atoms with van der Waals surface area (Å²) in [5.41, 5.74) is -0.283. The maximum absolute atomic E-state index is 12.5. The molecule has 0 aromatic carbocycles. The average Bonchev–Trinajstić information content (AvgIpc) is 2.80. The van der Waals surface area contributed by atoms with Crippen LogP contribution >= 0.6 is 0 Å². The Morgan fingerprint density at radius 2 is 2.24 bits per heavy atom. The highest BCUT2D eigenvalue weighted by molar-refractivity contribution is 5.47. The minimum Gasteiger partial charge on any atom is -0.370 e. The van der Waals surface area contributed by atoms with Crippen LogP contribution in [0.1, 0.15) is 12.1 Å². The minimum atomic E-state index is -4.38. The van der Waals surface area contributed by atoms with E-state index in [0.29, 0.717) is 5.69 Å². The molecule has 1 aliphatic rings. The monoisotopic (exact) mass is 245 g/mol. The van der Waals surface area contributed by atoms with E-state index in [1.54, 1.807) is 6.07 Å². The number of likely N-dealkylation sites (N-methyl/N-ethyl adjacent to an activating group) is 1. The second-order valence-corrected chi connectivity index (χ2v) is 4.15. The summed E-state index contributed by atoms with van der Waals surface area (Å²) >= 11 is 0. The van der Waals surface area contributed by atoms with Crippen LogP contribution in [0.3, 0.4) is 0 Å². The van der Waals surface area contributed by atoms with Gasteiger partial charge in [0, 0.05) is 31.5 Å². The first-order chi connectivity index (χ1) is 7.98. The van der Waals surface area contributed by atoms with Crippen LogP contribution in [-0.4, -0.2) is 31.2 Å². The Bertz CT molecular complexity index is 386. The van der Waals surface area contributed by atoms with E-state index in [4.69, 9.17) is 0 Å². The molecule has 0 amide bonds. The van der Waals surface area contributed by atoms with Gasteiger partial charge in [-0.05, 0) is 25.1 Å². The highest BCUT2D eigenvalue weighted by atomic mass is 19.4. The van der Waals surface area contributed by atoms with Crippen LogP contribution < -0.4 is 10.2 Å². The van der Waals surface area contributed by atoms with E-state index in [0.717, 1.165) is 25.6 Å². The molecule has 1 saturated heterocycles. The summed E-state index contributed by atoms with van der Waals surface area (Å²) in [4.78, 5) is 5.22. The summed E-state index contributed by atoms with van der Waals surface area (Å²) in [6.07, 6.45) is -2.23. The van der Waals surface area contributed by atoms with Crippen LogP contribution in [0.4, 0.5) is 18.9 Å². The Kier molecular flexibility index (Phi) is 3.24. The summed E-state index contributed by atoms with van der Waals surface area (Å²) in [6.45, 7) is 1.71. The Hall–Kier alpha value is -1.30. The van der Waals surface area contributed by atoms with E-state index in [-0.39, 0.29) is 6.04 Å². The average molecular weight is 245 g/mol. The van der Waals surface area contributed by atoms with Crippen molar-refractivity contribution in [2.75, 3.05) is 25.0 Å². The SMILES string of the molecule is CN(c1ccnc(C(F)(F)F)c1)C1CCNC1. The van der Waals surface area contributed by atoms with Gasteiger partial charge in [-0.2, -0.15) is 13.2 Å². The normalized spacial score (nSPS) is 20.6. The molecule has 0 saturated carbocycles. The summed E-state index contributed by atoms with van der Waals surface area (Å²) in [5.74, 6) is 0. The van der Waals surface area contributed by atoms with Crippen molar-refractivity contribution < 1.29 is 13.2 Å². The highest BCUT2D eigenvalue weighted by Crippen LogP contribution is 2.30. The summed E-state index contributed by atoms with van der Waals surface area (Å²) in [6, 6.07) is 2.95. The molecule has 3 nitrogen and oxygen atoms in total. The molecular formula is C11H14F3N3. The molecule has 1 aromatic heterocycles. The first kappa shape index (κ1) is 12.2. The molecular weight excluding hydrogens is 231 g/mol. The van der Waals surface area contributed by atoms with E-state index < -0.39 is 11.9 Å². The van der Waals surface area contributed by atoms with Crippen molar-refractivity contribution in [1.82, 2.24) is 10.3 Å². The largest absolute Gasteiger partial charge is 0.433 e. The van der Waals surface area contributed by atoms with Crippen molar-refractivity contribution in [2.45, 2.75) is 18.6 Å². The van der Waals surface area contributed by atoms with Gasteiger partial charge in [0.05, 0.1) is 0 Å². The molecule has 0 spiro atoms. The molecule has 0 bridgehead atoms. The van der Waals surface area contributed by atoms with Crippen molar-refractivity contribution in [1.29, 1.82) is 0 Å². The number of halogens is 3. The van der Waals surface area contributed by atoms with Crippen molar-refractivity contribution in [2.24, 2.45) is 0 Å². The van der Waals surface area contributed by atoms with Crippen LogP contribution in [0.15, 0.2) is 18.3 Å². The third-order valence-electron chi connectivity index (χ3n) is 3.02. The number of alkyl halides is 3. The number of hydrogen-bond donors (Lipinski definition) is 1. The smallest absolute Gasteiger partial charge is 0.370 e. The Labute approximate surface area is 97.6 Å². The second kappa shape index (κ2) is 4.52. The molecule has 1 unspecified atom stereocenters. The summed E-state index contributed by atoms with van der Waals surface area (Å²) in [5, 5.41) is 3.19. The predicted molar refractivity (Wildman–Crippen MR) is 58.9 cm³/mol. The lowest BCUT2D eigenvalue weighted by atomic mass is 10.2. The molecule has 2 heterocycles. The fourth-order valence-electron chi connectivity index (χ4n) is 1.97. The Balaban J connectivity index is 2.20. The summed E-state index contributed by atoms with van der Waals surface area (Å²) < 4.78 is 37.5. The lowest BCUT2D eigenvalue weighted by Gasteiger charge is -2.26. The van der Waals surface area contributed by atoms with E-state index in [9.17, 15) is 13.2 Å². The highest BCUT2D eigenvalue weighted by Gasteiger charge is 2.33. The zero-order valence-electron chi connectivity index (χ0n) is 9.46. The molecule has 0 radical (unpaired) electrons. The molecule has 6 heteroatoms. The molecule has 1 N–H and O–H groups in total. The lowest BCUT2D eigenvalue weighted by molar-refractivity contribution is -0.141. The van der Waals surface area contributed by atoms with Gasteiger partial charge in [-0.15, -0.1) is 0 Å². The summed E-state index contributed by atoms with van der Waals surface area (Å²) in [7, 11) is 1.81. The number of nitrogens with zero attached hydrogens (tertiary/aromatic N) is 2. The zero-order chi connectivity index (χ0) is 12.5. The van der Waals surface area contributed by atoms with E-state index >= 15 is 0 Å². The van der Waals surface area contributed by atoms with Crippen LogP contribution in [0, 0.1) is 0 Å². The standard InChI is InChI=1S/C11H14F3N3/c1-17(9-2-4-15-7-9)8-3-5-16-10(6-8)11(12,13)14/h3,5-6,9,15H,2,4,7H2,1H3. The third kappa shape index (κ3) is 2.69. The van der Waals surface area contributed by atoms with Crippen LogP contribution in [0.2, 0.25) is 0 Å². The molecule has 1 aliphatic heterocycles. The lowest BCUT2D eigenvalue weighted by Crippen LogP contribution is -2.33. The molecule has 1 aromatic rings. The number of pyridine rings is 1. The van der Waals surface area contributed by atoms with E-state index in [1.807, 2.05) is 11.9 Å². The third-order valence-corrected chi connectivity index (χ3v) is 3.02. The van der Waals surface area contributed by atoms with Gasteiger partial charge in [0.15, 0.2) is 0 Å². The second-order valence-electron chi connectivity index (χ2n) is 4.15. The first-order valence-corrected chi connectivity index (χ1v) is 5.45. The number of nitrogens with one attached hydrogen (secondary N) is 1. The molecule has 17 heavy (non-hydrogen) atoms. The van der Waals surface area contributed by atoms with Gasteiger partial charge in [-0.3, -0.25) is 4.98 Å². The first-order valence-electron chi connectivity index (χ1n) is 5.45. The number of anilines is 1. The molecule has 0 aliphatic carbocycles. The molecule has 1 fully saturated rings. The predicted octanol–water partition coefficient (Wildman–Crippen LogP) is 1.90. The van der Waals surface area contributed by atoms with E-state index in [1.165, 1.54) is 6.20 Å². The Morgan fingerprint density at radius 1 is 1.47 bits per heavy atom. The molecule has 94 valence electrons. The number of hydrogen-bond acceptors (Lipinski definition) is 3. The van der Waals surface area contributed by atoms with Gasteiger partial charge in [0.2, 0.25) is 0 Å². The maximum Gasteiger partial charge on any atom is 0.433 e. The quantitative estimate of drug-likeness (QED) is 0.862. The van der Waals surface area contributed by atoms with Gasteiger partial charge < -0.3 is 10.2 Å². The Morgan fingerprint density at radius 3 is 2.82 bits per heavy atom. The van der Waals surface area contributed by atoms with Crippen LogP contribution in [-0.2, 0) is 6.18 Å². The number of aromatic nitrogens is 1. The van der Waals surface area contributed by atoms with Crippen molar-refractivity contribution in [3.8, 4) is 0 Å². The van der Waals surface area contributed by atoms with Gasteiger partial charge in [-0.1, -0.05) is 0 Å². The fourth-order valence-corrected chi connectivity index (χ4v) is 1.97. The topological polar surface area (TPSA) is 28.2 Å².